The van der Waals surface area contributed by atoms with E-state index in [1.54, 1.807) is 19.3 Å². The number of hydrogen-bond acceptors (Lipinski definition) is 5. The summed E-state index contributed by atoms with van der Waals surface area (Å²) in [7, 11) is 1.63. The Morgan fingerprint density at radius 2 is 1.97 bits per heavy atom. The third kappa shape index (κ3) is 4.75. The van der Waals surface area contributed by atoms with Crippen molar-refractivity contribution in [2.24, 2.45) is 0 Å². The van der Waals surface area contributed by atoms with Crippen LogP contribution in [0.2, 0.25) is 0 Å². The maximum absolute atomic E-state index is 12.3. The molecule has 1 aliphatic carbocycles. The minimum Gasteiger partial charge on any atom is -0.496 e. The van der Waals surface area contributed by atoms with E-state index in [4.69, 9.17) is 4.74 Å². The van der Waals surface area contributed by atoms with E-state index in [0.717, 1.165) is 55.9 Å². The Bertz CT molecular complexity index is 888. The summed E-state index contributed by atoms with van der Waals surface area (Å²) in [4.78, 5) is 14.6. The van der Waals surface area contributed by atoms with Gasteiger partial charge in [0.2, 0.25) is 5.91 Å². The molecule has 1 aromatic heterocycles. The van der Waals surface area contributed by atoms with Gasteiger partial charge in [0.25, 0.3) is 0 Å². The number of fused-ring (bicyclic) bond motifs is 1. The zero-order valence-electron chi connectivity index (χ0n) is 16.9. The zero-order chi connectivity index (χ0) is 20.1. The molecule has 0 spiro atoms. The highest BCUT2D eigenvalue weighted by atomic mass is 16.5. The van der Waals surface area contributed by atoms with Crippen LogP contribution in [0, 0.1) is 0 Å². The predicted octanol–water partition coefficient (Wildman–Crippen LogP) is 3.16. The van der Waals surface area contributed by atoms with Crippen LogP contribution in [-0.2, 0) is 17.6 Å². The van der Waals surface area contributed by atoms with Crippen molar-refractivity contribution in [1.29, 1.82) is 0 Å². The molecule has 1 aliphatic heterocycles. The number of aromatic nitrogens is 2. The topological polar surface area (TPSA) is 67.3 Å². The summed E-state index contributed by atoms with van der Waals surface area (Å²) in [6.07, 6.45) is 9.83. The lowest BCUT2D eigenvalue weighted by Gasteiger charge is -2.33. The van der Waals surface area contributed by atoms with Crippen LogP contribution in [0.25, 0.3) is 6.08 Å². The Morgan fingerprint density at radius 3 is 2.79 bits per heavy atom. The summed E-state index contributed by atoms with van der Waals surface area (Å²) in [6.45, 7) is 1.77. The van der Waals surface area contributed by atoms with Crippen molar-refractivity contribution in [3.05, 3.63) is 53.2 Å². The van der Waals surface area contributed by atoms with E-state index in [0.29, 0.717) is 0 Å². The smallest absolute Gasteiger partial charge is 0.244 e. The molecule has 0 saturated carbocycles. The number of nitrogens with zero attached hydrogens (tertiary/aromatic N) is 3. The molecule has 2 aliphatic rings. The second kappa shape index (κ2) is 9.07. The SMILES string of the molecule is COc1ccccc1C=CC(=O)NC1CCN(c2cc3c(nn2)CCCC3)CC1. The normalized spacial score (nSPS) is 17.2. The Morgan fingerprint density at radius 1 is 1.17 bits per heavy atom. The number of hydrogen-bond donors (Lipinski definition) is 1. The van der Waals surface area contributed by atoms with Gasteiger partial charge in [-0.15, -0.1) is 5.10 Å². The Hall–Kier alpha value is -2.89. The van der Waals surface area contributed by atoms with Crippen LogP contribution in [0.15, 0.2) is 36.4 Å². The van der Waals surface area contributed by atoms with Gasteiger partial charge >= 0.3 is 0 Å². The fourth-order valence-electron chi connectivity index (χ4n) is 4.11. The molecule has 0 atom stereocenters. The number of benzene rings is 1. The van der Waals surface area contributed by atoms with Crippen LogP contribution in [-0.4, -0.2) is 42.3 Å². The van der Waals surface area contributed by atoms with Crippen molar-refractivity contribution in [3.63, 3.8) is 0 Å². The van der Waals surface area contributed by atoms with E-state index in [1.165, 1.54) is 24.1 Å². The highest BCUT2D eigenvalue weighted by molar-refractivity contribution is 5.92. The van der Waals surface area contributed by atoms with Gasteiger partial charge in [0.1, 0.15) is 5.75 Å². The molecule has 0 unspecified atom stereocenters. The maximum atomic E-state index is 12.3. The number of carbonyl (C=O) groups is 1. The van der Waals surface area contributed by atoms with Crippen LogP contribution in [0.1, 0.15) is 42.5 Å². The third-order valence-electron chi connectivity index (χ3n) is 5.78. The molecule has 29 heavy (non-hydrogen) atoms. The molecule has 4 rings (SSSR count). The number of piperidine rings is 1. The van der Waals surface area contributed by atoms with E-state index in [-0.39, 0.29) is 11.9 Å². The molecule has 1 aromatic carbocycles. The lowest BCUT2D eigenvalue weighted by Crippen LogP contribution is -2.44. The Labute approximate surface area is 172 Å². The summed E-state index contributed by atoms with van der Waals surface area (Å²) < 4.78 is 5.32. The van der Waals surface area contributed by atoms with Crippen LogP contribution >= 0.6 is 0 Å². The first-order valence-electron chi connectivity index (χ1n) is 10.4. The molecule has 6 nitrogen and oxygen atoms in total. The fraction of sp³-hybridized carbons (Fsp3) is 0.435. The molecule has 1 amide bonds. The molecule has 1 N–H and O–H groups in total. The van der Waals surface area contributed by atoms with Crippen molar-refractivity contribution >= 4 is 17.8 Å². The number of amides is 1. The van der Waals surface area contributed by atoms with E-state index in [9.17, 15) is 4.79 Å². The number of ether oxygens (including phenoxy) is 1. The molecule has 0 bridgehead atoms. The van der Waals surface area contributed by atoms with Crippen molar-refractivity contribution in [2.75, 3.05) is 25.1 Å². The molecule has 0 radical (unpaired) electrons. The summed E-state index contributed by atoms with van der Waals surface area (Å²) in [5.41, 5.74) is 3.42. The number of rotatable bonds is 5. The first kappa shape index (κ1) is 19.4. The highest BCUT2D eigenvalue weighted by Gasteiger charge is 2.22. The highest BCUT2D eigenvalue weighted by Crippen LogP contribution is 2.24. The van der Waals surface area contributed by atoms with Gasteiger partial charge in [-0.3, -0.25) is 4.79 Å². The van der Waals surface area contributed by atoms with Crippen LogP contribution < -0.4 is 15.0 Å². The zero-order valence-corrected chi connectivity index (χ0v) is 16.9. The quantitative estimate of drug-likeness (QED) is 0.792. The van der Waals surface area contributed by atoms with Crippen LogP contribution in [0.5, 0.6) is 5.75 Å². The average molecular weight is 393 g/mol. The van der Waals surface area contributed by atoms with Gasteiger partial charge in [-0.25, -0.2) is 0 Å². The fourth-order valence-corrected chi connectivity index (χ4v) is 4.11. The van der Waals surface area contributed by atoms with E-state index >= 15 is 0 Å². The summed E-state index contributed by atoms with van der Waals surface area (Å²) >= 11 is 0. The maximum Gasteiger partial charge on any atom is 0.244 e. The molecule has 6 heteroatoms. The largest absolute Gasteiger partial charge is 0.496 e. The van der Waals surface area contributed by atoms with E-state index in [1.807, 2.05) is 24.3 Å². The van der Waals surface area contributed by atoms with Crippen LogP contribution in [0.3, 0.4) is 0 Å². The summed E-state index contributed by atoms with van der Waals surface area (Å²) in [5, 5.41) is 12.0. The second-order valence-electron chi connectivity index (χ2n) is 7.73. The number of nitrogens with one attached hydrogen (secondary N) is 1. The minimum absolute atomic E-state index is 0.0667. The number of anilines is 1. The van der Waals surface area contributed by atoms with E-state index < -0.39 is 0 Å². The third-order valence-corrected chi connectivity index (χ3v) is 5.78. The van der Waals surface area contributed by atoms with Gasteiger partial charge in [0.15, 0.2) is 5.82 Å². The molecule has 1 fully saturated rings. The molecular formula is C23H28N4O2. The van der Waals surface area contributed by atoms with E-state index in [2.05, 4.69) is 26.5 Å². The van der Waals surface area contributed by atoms with Gasteiger partial charge in [-0.2, -0.15) is 5.10 Å². The van der Waals surface area contributed by atoms with Gasteiger partial charge in [-0.05, 0) is 62.3 Å². The van der Waals surface area contributed by atoms with Crippen molar-refractivity contribution in [2.45, 2.75) is 44.6 Å². The summed E-state index contributed by atoms with van der Waals surface area (Å²) in [6, 6.07) is 10.1. The number of aryl methyl sites for hydroxylation is 2. The van der Waals surface area contributed by atoms with Gasteiger partial charge in [0, 0.05) is 30.8 Å². The first-order chi connectivity index (χ1) is 14.2. The first-order valence-corrected chi connectivity index (χ1v) is 10.4. The predicted molar refractivity (Wildman–Crippen MR) is 114 cm³/mol. The Kier molecular flexibility index (Phi) is 6.08. The molecule has 1 saturated heterocycles. The lowest BCUT2D eigenvalue weighted by atomic mass is 9.96. The van der Waals surface area contributed by atoms with Crippen molar-refractivity contribution in [3.8, 4) is 5.75 Å². The number of methoxy groups -OCH3 is 1. The molecule has 2 aromatic rings. The molecule has 2 heterocycles. The average Bonchev–Trinajstić information content (AvgIpc) is 2.78. The number of carbonyl (C=O) groups excluding carboxylic acids is 1. The van der Waals surface area contributed by atoms with Crippen LogP contribution in [0.4, 0.5) is 5.82 Å². The Balaban J connectivity index is 1.29. The molecule has 152 valence electrons. The second-order valence-corrected chi connectivity index (χ2v) is 7.73. The number of para-hydroxylation sites is 1. The molecular weight excluding hydrogens is 364 g/mol. The van der Waals surface area contributed by atoms with Crippen molar-refractivity contribution < 1.29 is 9.53 Å². The van der Waals surface area contributed by atoms with Gasteiger partial charge in [0.05, 0.1) is 12.8 Å². The van der Waals surface area contributed by atoms with Gasteiger partial charge < -0.3 is 15.0 Å². The minimum atomic E-state index is -0.0667. The lowest BCUT2D eigenvalue weighted by molar-refractivity contribution is -0.117. The standard InChI is InChI=1S/C23H28N4O2/c1-29-21-9-5-3-6-17(21)10-11-23(28)24-19-12-14-27(15-13-19)22-16-18-7-2-4-8-20(18)25-26-22/h3,5-6,9-11,16,19H,2,4,7-8,12-15H2,1H3,(H,24,28). The van der Waals surface area contributed by atoms with Gasteiger partial charge in [-0.1, -0.05) is 18.2 Å². The summed E-state index contributed by atoms with van der Waals surface area (Å²) in [5.74, 6) is 1.67. The monoisotopic (exact) mass is 392 g/mol. The van der Waals surface area contributed by atoms with Crippen molar-refractivity contribution in [1.82, 2.24) is 15.5 Å².